The summed E-state index contributed by atoms with van der Waals surface area (Å²) in [7, 11) is 0. The Bertz CT molecular complexity index is 853. The highest BCUT2D eigenvalue weighted by Crippen LogP contribution is 2.22. The molecule has 8 heteroatoms. The Balaban J connectivity index is 1.58. The Labute approximate surface area is 168 Å². The topological polar surface area (TPSA) is 84.7 Å². The second kappa shape index (κ2) is 9.57. The van der Waals surface area contributed by atoms with Crippen molar-refractivity contribution in [2.75, 3.05) is 36.5 Å². The number of anilines is 1. The van der Waals surface area contributed by atoms with Crippen molar-refractivity contribution in [2.45, 2.75) is 13.5 Å². The molecule has 1 amide bonds. The molecule has 1 N–H and O–H groups in total. The smallest absolute Gasteiger partial charge is 0.273 e. The molecule has 2 aromatic carbocycles. The van der Waals surface area contributed by atoms with Crippen molar-refractivity contribution in [3.8, 4) is 5.75 Å². The summed E-state index contributed by atoms with van der Waals surface area (Å²) in [5.74, 6) is 2.30. The average molecular weight is 401 g/mol. The molecule has 1 aliphatic heterocycles. The highest BCUT2D eigenvalue weighted by molar-refractivity contribution is 7.99. The first-order valence-corrected chi connectivity index (χ1v) is 10.2. The predicted octanol–water partition coefficient (Wildman–Crippen LogP) is 3.47. The van der Waals surface area contributed by atoms with Crippen molar-refractivity contribution in [3.05, 3.63) is 63.7 Å². The molecule has 1 saturated heterocycles. The number of hydrogen-bond acceptors (Lipinski definition) is 6. The number of rotatable bonds is 7. The number of amides is 1. The zero-order valence-electron chi connectivity index (χ0n) is 15.7. The zero-order chi connectivity index (χ0) is 19.9. The van der Waals surface area contributed by atoms with Crippen molar-refractivity contribution in [1.82, 2.24) is 4.90 Å². The Kier molecular flexibility index (Phi) is 6.89. The van der Waals surface area contributed by atoms with Gasteiger partial charge in [-0.05, 0) is 30.2 Å². The van der Waals surface area contributed by atoms with Crippen LogP contribution in [0.1, 0.15) is 11.1 Å². The molecule has 0 saturated carbocycles. The fraction of sp³-hybridized carbons (Fsp3) is 0.350. The van der Waals surface area contributed by atoms with Gasteiger partial charge in [0.15, 0.2) is 6.61 Å². The maximum atomic E-state index is 12.3. The highest BCUT2D eigenvalue weighted by Gasteiger charge is 2.14. The highest BCUT2D eigenvalue weighted by atomic mass is 32.2. The van der Waals surface area contributed by atoms with E-state index < -0.39 is 4.92 Å². The van der Waals surface area contributed by atoms with Gasteiger partial charge in [0, 0.05) is 42.9 Å². The first kappa shape index (κ1) is 20.2. The minimum Gasteiger partial charge on any atom is -0.484 e. The van der Waals surface area contributed by atoms with E-state index in [2.05, 4.69) is 16.3 Å². The van der Waals surface area contributed by atoms with E-state index in [-0.39, 0.29) is 24.0 Å². The molecule has 1 aliphatic rings. The van der Waals surface area contributed by atoms with E-state index in [9.17, 15) is 14.9 Å². The molecule has 0 bridgehead atoms. The van der Waals surface area contributed by atoms with Crippen LogP contribution in [0, 0.1) is 17.0 Å². The Hall–Kier alpha value is -2.58. The minimum absolute atomic E-state index is 0.0717. The third-order valence-electron chi connectivity index (χ3n) is 4.62. The first-order valence-electron chi connectivity index (χ1n) is 9.08. The molecule has 28 heavy (non-hydrogen) atoms. The molecule has 0 aromatic heterocycles. The van der Waals surface area contributed by atoms with Crippen LogP contribution in [-0.4, -0.2) is 46.9 Å². The largest absolute Gasteiger partial charge is 0.484 e. The standard InChI is InChI=1S/C20H23N3O4S/c1-15-16(13-22-8-10-28-11-9-22)4-2-7-19(15)21-20(24)14-27-18-6-3-5-17(12-18)23(25)26/h2-7,12H,8-11,13-14H2,1H3,(H,21,24). The van der Waals surface area contributed by atoms with E-state index in [0.29, 0.717) is 0 Å². The predicted molar refractivity (Wildman–Crippen MR) is 111 cm³/mol. The number of carbonyl (C=O) groups excluding carboxylic acids is 1. The number of benzene rings is 2. The Morgan fingerprint density at radius 3 is 2.75 bits per heavy atom. The second-order valence-electron chi connectivity index (χ2n) is 6.57. The number of ether oxygens (including phenoxy) is 1. The van der Waals surface area contributed by atoms with Gasteiger partial charge >= 0.3 is 0 Å². The van der Waals surface area contributed by atoms with Crippen molar-refractivity contribution >= 4 is 29.0 Å². The van der Waals surface area contributed by atoms with Crippen LogP contribution < -0.4 is 10.1 Å². The number of nitro groups is 1. The zero-order valence-corrected chi connectivity index (χ0v) is 16.5. The quantitative estimate of drug-likeness (QED) is 0.565. The molecular formula is C20H23N3O4S. The molecule has 2 aromatic rings. The van der Waals surface area contributed by atoms with Gasteiger partial charge in [-0.15, -0.1) is 0 Å². The molecule has 148 valence electrons. The lowest BCUT2D eigenvalue weighted by molar-refractivity contribution is -0.384. The Morgan fingerprint density at radius 1 is 1.25 bits per heavy atom. The van der Waals surface area contributed by atoms with Crippen molar-refractivity contribution in [3.63, 3.8) is 0 Å². The molecule has 1 heterocycles. The lowest BCUT2D eigenvalue weighted by Crippen LogP contribution is -2.32. The van der Waals surface area contributed by atoms with Crippen LogP contribution in [0.3, 0.4) is 0 Å². The molecule has 0 spiro atoms. The van der Waals surface area contributed by atoms with Crippen molar-refractivity contribution < 1.29 is 14.5 Å². The monoisotopic (exact) mass is 401 g/mol. The van der Waals surface area contributed by atoms with Gasteiger partial charge in [-0.3, -0.25) is 19.8 Å². The van der Waals surface area contributed by atoms with Crippen LogP contribution in [0.2, 0.25) is 0 Å². The molecule has 0 radical (unpaired) electrons. The van der Waals surface area contributed by atoms with Crippen LogP contribution in [0.4, 0.5) is 11.4 Å². The van der Waals surface area contributed by atoms with E-state index >= 15 is 0 Å². The SMILES string of the molecule is Cc1c(CN2CCSCC2)cccc1NC(=O)COc1cccc([N+](=O)[O-])c1. The molecule has 7 nitrogen and oxygen atoms in total. The van der Waals surface area contributed by atoms with Gasteiger partial charge in [0.25, 0.3) is 11.6 Å². The van der Waals surface area contributed by atoms with Gasteiger partial charge in [0.2, 0.25) is 0 Å². The number of non-ortho nitro benzene ring substituents is 1. The summed E-state index contributed by atoms with van der Waals surface area (Å²) in [6, 6.07) is 11.7. The summed E-state index contributed by atoms with van der Waals surface area (Å²) < 4.78 is 5.40. The molecule has 1 fully saturated rings. The van der Waals surface area contributed by atoms with Gasteiger partial charge < -0.3 is 10.1 Å². The molecular weight excluding hydrogens is 378 g/mol. The van der Waals surface area contributed by atoms with E-state index in [0.717, 1.165) is 42.4 Å². The van der Waals surface area contributed by atoms with Gasteiger partial charge in [-0.2, -0.15) is 11.8 Å². The van der Waals surface area contributed by atoms with Crippen LogP contribution in [0.5, 0.6) is 5.75 Å². The Morgan fingerprint density at radius 2 is 2.00 bits per heavy atom. The number of nitrogens with one attached hydrogen (secondary N) is 1. The van der Waals surface area contributed by atoms with E-state index in [4.69, 9.17) is 4.74 Å². The normalized spacial score (nSPS) is 14.5. The number of hydrogen-bond donors (Lipinski definition) is 1. The van der Waals surface area contributed by atoms with Gasteiger partial charge in [0.05, 0.1) is 11.0 Å². The van der Waals surface area contributed by atoms with Crippen LogP contribution in [0.25, 0.3) is 0 Å². The van der Waals surface area contributed by atoms with E-state index in [1.54, 1.807) is 6.07 Å². The maximum absolute atomic E-state index is 12.3. The molecule has 0 aliphatic carbocycles. The summed E-state index contributed by atoms with van der Waals surface area (Å²) in [5.41, 5.74) is 2.93. The van der Waals surface area contributed by atoms with Gasteiger partial charge in [-0.25, -0.2) is 0 Å². The fourth-order valence-electron chi connectivity index (χ4n) is 3.01. The van der Waals surface area contributed by atoms with Gasteiger partial charge in [0.1, 0.15) is 5.75 Å². The number of nitro benzene ring substituents is 1. The van der Waals surface area contributed by atoms with E-state index in [1.807, 2.05) is 30.8 Å². The summed E-state index contributed by atoms with van der Waals surface area (Å²) in [6.07, 6.45) is 0. The van der Waals surface area contributed by atoms with Crippen LogP contribution >= 0.6 is 11.8 Å². The fourth-order valence-corrected chi connectivity index (χ4v) is 3.99. The molecule has 0 unspecified atom stereocenters. The van der Waals surface area contributed by atoms with Gasteiger partial charge in [-0.1, -0.05) is 18.2 Å². The molecule has 3 rings (SSSR count). The van der Waals surface area contributed by atoms with E-state index in [1.165, 1.54) is 23.8 Å². The third-order valence-corrected chi connectivity index (χ3v) is 5.56. The van der Waals surface area contributed by atoms with Crippen molar-refractivity contribution in [2.24, 2.45) is 0 Å². The number of nitrogens with zero attached hydrogens (tertiary/aromatic N) is 2. The number of carbonyl (C=O) groups is 1. The summed E-state index contributed by atoms with van der Waals surface area (Å²) in [4.78, 5) is 25.0. The van der Waals surface area contributed by atoms with Crippen molar-refractivity contribution in [1.29, 1.82) is 0 Å². The lowest BCUT2D eigenvalue weighted by atomic mass is 10.1. The van der Waals surface area contributed by atoms with Crippen LogP contribution in [0.15, 0.2) is 42.5 Å². The maximum Gasteiger partial charge on any atom is 0.273 e. The minimum atomic E-state index is -0.497. The first-order chi connectivity index (χ1) is 13.5. The summed E-state index contributed by atoms with van der Waals surface area (Å²) >= 11 is 1.98. The average Bonchev–Trinajstić information content (AvgIpc) is 2.70. The molecule has 0 atom stereocenters. The van der Waals surface area contributed by atoms with Crippen LogP contribution in [-0.2, 0) is 11.3 Å². The summed E-state index contributed by atoms with van der Waals surface area (Å²) in [5, 5.41) is 13.7. The third kappa shape index (κ3) is 5.46. The summed E-state index contributed by atoms with van der Waals surface area (Å²) in [6.45, 7) is 4.83. The second-order valence-corrected chi connectivity index (χ2v) is 7.79. The lowest BCUT2D eigenvalue weighted by Gasteiger charge is -2.27. The number of thioether (sulfide) groups is 1.